The van der Waals surface area contributed by atoms with E-state index >= 15 is 0 Å². The zero-order valence-electron chi connectivity index (χ0n) is 23.5. The van der Waals surface area contributed by atoms with Crippen LogP contribution in [0.25, 0.3) is 0 Å². The normalized spacial score (nSPS) is 57.7. The molecule has 0 heterocycles. The van der Waals surface area contributed by atoms with Gasteiger partial charge in [-0.15, -0.1) is 0 Å². The second-order valence-corrected chi connectivity index (χ2v) is 14.8. The summed E-state index contributed by atoms with van der Waals surface area (Å²) in [6.45, 7) is 16.7. The number of methoxy groups -OCH3 is 1. The van der Waals surface area contributed by atoms with Crippen molar-refractivity contribution in [3.05, 3.63) is 11.6 Å². The Balaban J connectivity index is 1.67. The zero-order chi connectivity index (χ0) is 25.8. The number of aliphatic hydroxyl groups excluding tert-OH is 1. The molecule has 0 unspecified atom stereocenters. The van der Waals surface area contributed by atoms with Crippen LogP contribution in [0.5, 0.6) is 0 Å². The number of aliphatic hydroxyl groups is 1. The number of hydrogen-bond acceptors (Lipinski definition) is 3. The van der Waals surface area contributed by atoms with Crippen molar-refractivity contribution in [1.29, 1.82) is 0 Å². The predicted octanol–water partition coefficient (Wildman–Crippen LogP) is 6.71. The summed E-state index contributed by atoms with van der Waals surface area (Å²) in [5, 5.41) is 21.3. The molecule has 4 nitrogen and oxygen atoms in total. The van der Waals surface area contributed by atoms with E-state index in [0.29, 0.717) is 23.7 Å². The largest absolute Gasteiger partial charge is 0.481 e. The van der Waals surface area contributed by atoms with E-state index in [2.05, 4.69) is 47.6 Å². The maximum atomic E-state index is 12.6. The number of rotatable bonds is 2. The number of carbonyl (C=O) groups is 1. The average molecular weight is 487 g/mol. The predicted molar refractivity (Wildman–Crippen MR) is 139 cm³/mol. The molecule has 2 N–H and O–H groups in total. The van der Waals surface area contributed by atoms with Crippen LogP contribution in [-0.4, -0.2) is 35.5 Å². The molecule has 35 heavy (non-hydrogen) atoms. The molecule has 5 rings (SSSR count). The highest BCUT2D eigenvalue weighted by atomic mass is 16.5. The molecule has 0 radical (unpaired) electrons. The summed E-state index contributed by atoms with van der Waals surface area (Å²) in [4.78, 5) is 12.6. The van der Waals surface area contributed by atoms with Crippen molar-refractivity contribution in [1.82, 2.24) is 0 Å². The minimum absolute atomic E-state index is 0.00375. The van der Waals surface area contributed by atoms with Crippen LogP contribution in [0.15, 0.2) is 11.6 Å². The molecular weight excluding hydrogens is 436 g/mol. The molecule has 0 aromatic rings. The average Bonchev–Trinajstić information content (AvgIpc) is 2.79. The topological polar surface area (TPSA) is 66.8 Å². The lowest BCUT2D eigenvalue weighted by molar-refractivity contribution is -0.235. The lowest BCUT2D eigenvalue weighted by atomic mass is 9.33. The molecule has 0 aliphatic heterocycles. The molecule has 198 valence electrons. The van der Waals surface area contributed by atoms with Crippen LogP contribution in [-0.2, 0) is 9.53 Å². The van der Waals surface area contributed by atoms with Gasteiger partial charge in [0.2, 0.25) is 0 Å². The van der Waals surface area contributed by atoms with Gasteiger partial charge in [0.1, 0.15) is 0 Å². The Morgan fingerprint density at radius 3 is 2.29 bits per heavy atom. The van der Waals surface area contributed by atoms with Gasteiger partial charge < -0.3 is 14.9 Å². The number of fused-ring (bicyclic) bond motifs is 7. The molecule has 0 aromatic carbocycles. The second kappa shape index (κ2) is 7.82. The van der Waals surface area contributed by atoms with E-state index < -0.39 is 17.5 Å². The van der Waals surface area contributed by atoms with E-state index in [1.807, 2.05) is 14.0 Å². The molecule has 0 saturated heterocycles. The standard InChI is InChI=1S/C31H50O4/c1-18-9-12-27(3)15-16-29(5)20(24(27)19(18)2)17-21(35-8)25-28(4)13-11-23(32)31(7,26(33)34)22(28)10-14-30(25,29)6/h17-19,21-25,32H,9-16H2,1-8H3,(H,33,34)/t18-,19+,21-,22+,23-,24+,25+,27-,28+,29-,30-,31-/m1/s1. The van der Waals surface area contributed by atoms with Gasteiger partial charge in [0, 0.05) is 13.0 Å². The van der Waals surface area contributed by atoms with Crippen molar-refractivity contribution in [3.8, 4) is 0 Å². The number of allylic oxidation sites excluding steroid dienone is 1. The van der Waals surface area contributed by atoms with Gasteiger partial charge in [0.05, 0.1) is 17.6 Å². The van der Waals surface area contributed by atoms with Gasteiger partial charge in [-0.25, -0.2) is 0 Å². The van der Waals surface area contributed by atoms with Crippen LogP contribution >= 0.6 is 0 Å². The molecule has 5 aliphatic rings. The Labute approximate surface area is 213 Å². The number of ether oxygens (including phenoxy) is 1. The maximum absolute atomic E-state index is 12.6. The highest BCUT2D eigenvalue weighted by Gasteiger charge is 2.71. The molecule has 5 aliphatic carbocycles. The summed E-state index contributed by atoms with van der Waals surface area (Å²) in [6.07, 6.45) is 10.2. The SMILES string of the molecule is CO[C@@H]1C=C2[C@@H]3[C@@H](C)[C@H](C)CC[C@]3(C)CC[C@@]2(C)[C@]2(C)CC[C@H]3[C@](C)(CC[C@@H](O)[C@]3(C)C(=O)O)[C@H]12. The van der Waals surface area contributed by atoms with E-state index in [9.17, 15) is 15.0 Å². The van der Waals surface area contributed by atoms with E-state index in [-0.39, 0.29) is 34.2 Å². The van der Waals surface area contributed by atoms with Crippen LogP contribution in [0.2, 0.25) is 0 Å². The molecule has 0 spiro atoms. The first-order valence-electron chi connectivity index (χ1n) is 14.4. The Hall–Kier alpha value is -0.870. The lowest BCUT2D eigenvalue weighted by Crippen LogP contribution is -2.69. The van der Waals surface area contributed by atoms with Crippen molar-refractivity contribution >= 4 is 5.97 Å². The highest BCUT2D eigenvalue weighted by molar-refractivity contribution is 5.76. The fraction of sp³-hybridized carbons (Fsp3) is 0.903. The summed E-state index contributed by atoms with van der Waals surface area (Å²) in [5.74, 6) is 1.38. The Morgan fingerprint density at radius 2 is 1.66 bits per heavy atom. The molecule has 0 amide bonds. The van der Waals surface area contributed by atoms with Crippen molar-refractivity contribution in [2.24, 2.45) is 56.7 Å². The lowest BCUT2D eigenvalue weighted by Gasteiger charge is -2.72. The van der Waals surface area contributed by atoms with Crippen LogP contribution in [0.1, 0.15) is 99.8 Å². The third-order valence-electron chi connectivity index (χ3n) is 13.7. The monoisotopic (exact) mass is 486 g/mol. The van der Waals surface area contributed by atoms with Gasteiger partial charge in [-0.2, -0.15) is 0 Å². The van der Waals surface area contributed by atoms with Crippen molar-refractivity contribution in [2.75, 3.05) is 7.11 Å². The first-order valence-corrected chi connectivity index (χ1v) is 14.4. The number of hydrogen-bond donors (Lipinski definition) is 2. The highest BCUT2D eigenvalue weighted by Crippen LogP contribution is 2.76. The minimum Gasteiger partial charge on any atom is -0.481 e. The first-order chi connectivity index (χ1) is 16.2. The van der Waals surface area contributed by atoms with Gasteiger partial charge in [0.15, 0.2) is 0 Å². The number of carboxylic acids is 1. The third-order valence-corrected chi connectivity index (χ3v) is 13.7. The Bertz CT molecular complexity index is 927. The Kier molecular flexibility index (Phi) is 5.76. The summed E-state index contributed by atoms with van der Waals surface area (Å²) in [7, 11) is 1.86. The molecule has 4 fully saturated rings. The molecule has 12 atom stereocenters. The Morgan fingerprint density at radius 1 is 0.971 bits per heavy atom. The van der Waals surface area contributed by atoms with Crippen molar-refractivity contribution in [3.63, 3.8) is 0 Å². The van der Waals surface area contributed by atoms with Gasteiger partial charge in [-0.05, 0) is 104 Å². The minimum atomic E-state index is -1.10. The van der Waals surface area contributed by atoms with Crippen LogP contribution in [0.4, 0.5) is 0 Å². The van der Waals surface area contributed by atoms with Crippen LogP contribution in [0, 0.1) is 56.7 Å². The van der Waals surface area contributed by atoms with E-state index in [1.165, 1.54) is 25.7 Å². The summed E-state index contributed by atoms with van der Waals surface area (Å²) in [5.41, 5.74) is 0.900. The fourth-order valence-electron chi connectivity index (χ4n) is 11.1. The summed E-state index contributed by atoms with van der Waals surface area (Å²) < 4.78 is 6.38. The van der Waals surface area contributed by atoms with Gasteiger partial charge in [-0.3, -0.25) is 4.79 Å². The first kappa shape index (κ1) is 25.8. The van der Waals surface area contributed by atoms with Gasteiger partial charge in [-0.1, -0.05) is 53.2 Å². The van der Waals surface area contributed by atoms with Crippen molar-refractivity contribution < 1.29 is 19.7 Å². The second-order valence-electron chi connectivity index (χ2n) is 14.8. The smallest absolute Gasteiger partial charge is 0.312 e. The quantitative estimate of drug-likeness (QED) is 0.426. The number of aliphatic carboxylic acids is 1. The van der Waals surface area contributed by atoms with Gasteiger partial charge >= 0.3 is 5.97 Å². The van der Waals surface area contributed by atoms with Gasteiger partial charge in [0.25, 0.3) is 0 Å². The molecule has 4 saturated carbocycles. The molecule has 0 aromatic heterocycles. The molecule has 0 bridgehead atoms. The summed E-state index contributed by atoms with van der Waals surface area (Å²) in [6, 6.07) is 0. The van der Waals surface area contributed by atoms with Crippen LogP contribution in [0.3, 0.4) is 0 Å². The fourth-order valence-corrected chi connectivity index (χ4v) is 11.1. The zero-order valence-corrected chi connectivity index (χ0v) is 23.5. The van der Waals surface area contributed by atoms with E-state index in [4.69, 9.17) is 4.74 Å². The molecular formula is C31H50O4. The molecule has 4 heteroatoms. The summed E-state index contributed by atoms with van der Waals surface area (Å²) >= 11 is 0. The number of carboxylic acid groups (broad SMARTS) is 1. The third kappa shape index (κ3) is 3.02. The maximum Gasteiger partial charge on any atom is 0.312 e. The van der Waals surface area contributed by atoms with Crippen molar-refractivity contribution in [2.45, 2.75) is 112 Å². The van der Waals surface area contributed by atoms with Crippen LogP contribution < -0.4 is 0 Å². The van der Waals surface area contributed by atoms with E-state index in [1.54, 1.807) is 5.57 Å². The van der Waals surface area contributed by atoms with E-state index in [0.717, 1.165) is 25.2 Å².